The molecule has 0 bridgehead atoms. The number of amides is 3. The van der Waals surface area contributed by atoms with Gasteiger partial charge in [-0.25, -0.2) is 4.79 Å². The van der Waals surface area contributed by atoms with Gasteiger partial charge in [-0.15, -0.1) is 0 Å². The minimum atomic E-state index is -1.18. The van der Waals surface area contributed by atoms with Gasteiger partial charge in [0.05, 0.1) is 0 Å². The van der Waals surface area contributed by atoms with Gasteiger partial charge < -0.3 is 14.4 Å². The first-order valence-corrected chi connectivity index (χ1v) is 8.99. The molecule has 0 aliphatic carbocycles. The number of carbonyl (C=O) groups is 2. The number of benzene rings is 1. The Morgan fingerprint density at radius 3 is 2.57 bits per heavy atom. The van der Waals surface area contributed by atoms with Crippen LogP contribution in [0.3, 0.4) is 0 Å². The highest BCUT2D eigenvalue weighted by molar-refractivity contribution is 6.07. The largest absolute Gasteiger partial charge is 0.355 e. The van der Waals surface area contributed by atoms with Crippen LogP contribution in [0, 0.1) is 0 Å². The van der Waals surface area contributed by atoms with E-state index in [9.17, 15) is 9.59 Å². The molecule has 3 aromatic heterocycles. The lowest BCUT2D eigenvalue weighted by molar-refractivity contribution is -0.123. The van der Waals surface area contributed by atoms with Gasteiger partial charge in [-0.05, 0) is 30.7 Å². The minimum Gasteiger partial charge on any atom is -0.355 e. The Hall–Kier alpha value is -4.34. The summed E-state index contributed by atoms with van der Waals surface area (Å²) in [7, 11) is 0. The quantitative estimate of drug-likeness (QED) is 0.497. The van der Waals surface area contributed by atoms with E-state index >= 15 is 0 Å². The van der Waals surface area contributed by atoms with Crippen LogP contribution >= 0.6 is 0 Å². The summed E-state index contributed by atoms with van der Waals surface area (Å²) in [5.41, 5.74) is 1.25. The smallest absolute Gasteiger partial charge is 0.322 e. The molecule has 1 aliphatic heterocycles. The number of hydrogen-bond donors (Lipinski definition) is 2. The fourth-order valence-corrected chi connectivity index (χ4v) is 3.19. The first-order chi connectivity index (χ1) is 14.5. The van der Waals surface area contributed by atoms with Gasteiger partial charge in [0.15, 0.2) is 11.5 Å². The third kappa shape index (κ3) is 2.91. The van der Waals surface area contributed by atoms with E-state index in [0.29, 0.717) is 28.4 Å². The van der Waals surface area contributed by atoms with E-state index in [2.05, 4.69) is 30.9 Å². The second-order valence-electron chi connectivity index (χ2n) is 6.85. The predicted octanol–water partition coefficient (Wildman–Crippen LogP) is 2.51. The molecule has 1 saturated heterocycles. The maximum absolute atomic E-state index is 12.2. The number of carbonyl (C=O) groups excluding carboxylic acids is 2. The van der Waals surface area contributed by atoms with Gasteiger partial charge in [0.2, 0.25) is 5.82 Å². The molecule has 0 radical (unpaired) electrons. The van der Waals surface area contributed by atoms with Crippen molar-refractivity contribution in [3.8, 4) is 34.3 Å². The van der Waals surface area contributed by atoms with E-state index in [4.69, 9.17) is 9.05 Å². The van der Waals surface area contributed by atoms with Gasteiger partial charge in [0.1, 0.15) is 5.54 Å². The Bertz CT molecular complexity index is 1270. The van der Waals surface area contributed by atoms with Crippen LogP contribution in [-0.2, 0) is 10.3 Å². The highest BCUT2D eigenvalue weighted by atomic mass is 16.5. The molecule has 1 fully saturated rings. The monoisotopic (exact) mass is 402 g/mol. The molecule has 1 aliphatic rings. The van der Waals surface area contributed by atoms with Crippen molar-refractivity contribution >= 4 is 11.9 Å². The Labute approximate surface area is 169 Å². The van der Waals surface area contributed by atoms with Gasteiger partial charge in [-0.2, -0.15) is 4.98 Å². The number of aromatic nitrogens is 4. The molecular formula is C20H14N6O4. The zero-order valence-corrected chi connectivity index (χ0v) is 15.6. The first kappa shape index (κ1) is 17.7. The molecule has 30 heavy (non-hydrogen) atoms. The molecule has 0 spiro atoms. The van der Waals surface area contributed by atoms with E-state index in [1.54, 1.807) is 61.8 Å². The van der Waals surface area contributed by atoms with Gasteiger partial charge >= 0.3 is 6.03 Å². The first-order valence-electron chi connectivity index (χ1n) is 8.99. The molecule has 1 unspecified atom stereocenters. The fourth-order valence-electron chi connectivity index (χ4n) is 3.19. The summed E-state index contributed by atoms with van der Waals surface area (Å²) in [6, 6.07) is 11.8. The third-order valence-corrected chi connectivity index (χ3v) is 4.86. The lowest BCUT2D eigenvalue weighted by Crippen LogP contribution is -2.40. The van der Waals surface area contributed by atoms with Crippen LogP contribution in [0.15, 0.2) is 63.9 Å². The fraction of sp³-hybridized carbons (Fsp3) is 0.100. The molecule has 0 saturated carbocycles. The predicted molar refractivity (Wildman–Crippen MR) is 102 cm³/mol. The van der Waals surface area contributed by atoms with Crippen molar-refractivity contribution in [1.29, 1.82) is 0 Å². The average Bonchev–Trinajstić information content (AvgIpc) is 3.48. The van der Waals surface area contributed by atoms with Crippen LogP contribution in [0.2, 0.25) is 0 Å². The van der Waals surface area contributed by atoms with E-state index in [1.165, 1.54) is 0 Å². The molecule has 5 rings (SSSR count). The standard InChI is InChI=1S/C20H14N6O4/c1-20(18(27)23-19(28)24-20)13-4-2-3-12(9-13)16-22-17(30-26-16)14-10-15(29-25-14)11-5-7-21-8-6-11/h2-10H,1H3,(H2,23,24,27,28). The van der Waals surface area contributed by atoms with Crippen molar-refractivity contribution in [3.63, 3.8) is 0 Å². The minimum absolute atomic E-state index is 0.192. The molecule has 1 atom stereocenters. The van der Waals surface area contributed by atoms with Gasteiger partial charge in [-0.3, -0.25) is 15.1 Å². The third-order valence-electron chi connectivity index (χ3n) is 4.86. The van der Waals surface area contributed by atoms with Crippen LogP contribution in [-0.4, -0.2) is 32.2 Å². The molecule has 2 N–H and O–H groups in total. The van der Waals surface area contributed by atoms with Crippen LogP contribution in [0.4, 0.5) is 4.79 Å². The molecule has 1 aromatic carbocycles. The molecule has 4 aromatic rings. The number of nitrogens with one attached hydrogen (secondary N) is 2. The van der Waals surface area contributed by atoms with Gasteiger partial charge in [0, 0.05) is 29.6 Å². The second-order valence-corrected chi connectivity index (χ2v) is 6.85. The van der Waals surface area contributed by atoms with Crippen LogP contribution in [0.25, 0.3) is 34.3 Å². The molecule has 10 nitrogen and oxygen atoms in total. The highest BCUT2D eigenvalue weighted by Crippen LogP contribution is 2.29. The topological polar surface area (TPSA) is 136 Å². The highest BCUT2D eigenvalue weighted by Gasteiger charge is 2.43. The molecule has 10 heteroatoms. The Balaban J connectivity index is 1.45. The number of hydrogen-bond acceptors (Lipinski definition) is 8. The molecular weight excluding hydrogens is 388 g/mol. The van der Waals surface area contributed by atoms with Crippen LogP contribution in [0.5, 0.6) is 0 Å². The van der Waals surface area contributed by atoms with E-state index in [1.807, 2.05) is 0 Å². The summed E-state index contributed by atoms with van der Waals surface area (Å²) in [4.78, 5) is 32.1. The maximum Gasteiger partial charge on any atom is 0.322 e. The average molecular weight is 402 g/mol. The van der Waals surface area contributed by atoms with Crippen molar-refractivity contribution in [3.05, 3.63) is 60.4 Å². The summed E-state index contributed by atoms with van der Waals surface area (Å²) in [6.07, 6.45) is 3.31. The van der Waals surface area contributed by atoms with Gasteiger partial charge in [0.25, 0.3) is 11.8 Å². The summed E-state index contributed by atoms with van der Waals surface area (Å²) in [5, 5.41) is 12.9. The Morgan fingerprint density at radius 1 is 0.967 bits per heavy atom. The van der Waals surface area contributed by atoms with Crippen LogP contribution < -0.4 is 10.6 Å². The molecule has 148 valence electrons. The van der Waals surface area contributed by atoms with Crippen molar-refractivity contribution in [2.75, 3.05) is 0 Å². The summed E-state index contributed by atoms with van der Waals surface area (Å²) >= 11 is 0. The van der Waals surface area contributed by atoms with Gasteiger partial charge in [-0.1, -0.05) is 28.5 Å². The van der Waals surface area contributed by atoms with Crippen molar-refractivity contribution in [1.82, 2.24) is 30.9 Å². The zero-order valence-electron chi connectivity index (χ0n) is 15.6. The van der Waals surface area contributed by atoms with Crippen LogP contribution in [0.1, 0.15) is 12.5 Å². The normalized spacial score (nSPS) is 18.3. The lowest BCUT2D eigenvalue weighted by Gasteiger charge is -2.21. The Kier molecular flexibility index (Phi) is 3.91. The van der Waals surface area contributed by atoms with E-state index in [-0.39, 0.29) is 5.89 Å². The molecule has 4 heterocycles. The number of imide groups is 1. The number of nitrogens with zero attached hydrogens (tertiary/aromatic N) is 4. The lowest BCUT2D eigenvalue weighted by atomic mass is 9.91. The van der Waals surface area contributed by atoms with E-state index < -0.39 is 17.5 Å². The number of rotatable bonds is 4. The van der Waals surface area contributed by atoms with Crippen molar-refractivity contribution in [2.24, 2.45) is 0 Å². The van der Waals surface area contributed by atoms with E-state index in [0.717, 1.165) is 5.56 Å². The summed E-state index contributed by atoms with van der Waals surface area (Å²) < 4.78 is 10.7. The number of pyridine rings is 1. The molecule has 3 amide bonds. The van der Waals surface area contributed by atoms with Crippen molar-refractivity contribution in [2.45, 2.75) is 12.5 Å². The second kappa shape index (κ2) is 6.62. The Morgan fingerprint density at radius 2 is 1.80 bits per heavy atom. The van der Waals surface area contributed by atoms with Crippen molar-refractivity contribution < 1.29 is 18.6 Å². The zero-order chi connectivity index (χ0) is 20.7. The summed E-state index contributed by atoms with van der Waals surface area (Å²) in [5.74, 6) is 0.626. The summed E-state index contributed by atoms with van der Waals surface area (Å²) in [6.45, 7) is 1.63. The maximum atomic E-state index is 12.2. The number of urea groups is 1. The SMILES string of the molecule is CC1(c2cccc(-c3noc(-c4cc(-c5ccncc5)on4)n3)c2)NC(=O)NC1=O.